The number of thioether (sulfide) groups is 1. The molecule has 1 fully saturated rings. The van der Waals surface area contributed by atoms with Crippen molar-refractivity contribution in [1.29, 1.82) is 0 Å². The Hall–Kier alpha value is -3.61. The minimum atomic E-state index is -5.02. The number of amides is 2. The lowest BCUT2D eigenvalue weighted by Gasteiger charge is -2.42. The molecule has 2 N–H and O–H groups in total. The summed E-state index contributed by atoms with van der Waals surface area (Å²) in [7, 11) is 1.29. The van der Waals surface area contributed by atoms with Crippen molar-refractivity contribution in [2.45, 2.75) is 54.8 Å². The van der Waals surface area contributed by atoms with E-state index in [9.17, 15) is 45.7 Å². The highest BCUT2D eigenvalue weighted by molar-refractivity contribution is 8.00. The third-order valence-corrected chi connectivity index (χ3v) is 8.23. The van der Waals surface area contributed by atoms with Crippen molar-refractivity contribution in [2.75, 3.05) is 13.6 Å². The van der Waals surface area contributed by atoms with Gasteiger partial charge in [-0.2, -0.15) is 26.3 Å². The minimum absolute atomic E-state index is 0.0350. The fraction of sp³-hybridized carbons (Fsp3) is 0.345. The number of hydrogen-bond acceptors (Lipinski definition) is 4. The molecule has 1 heterocycles. The van der Waals surface area contributed by atoms with Gasteiger partial charge in [-0.1, -0.05) is 6.07 Å². The molecular formula is C29H27F7N2O3S. The smallest absolute Gasteiger partial charge is 0.416 e. The first kappa shape index (κ1) is 31.3. The van der Waals surface area contributed by atoms with Crippen molar-refractivity contribution >= 4 is 17.8 Å². The lowest BCUT2D eigenvalue weighted by atomic mass is 9.92. The fourth-order valence-corrected chi connectivity index (χ4v) is 6.34. The standard InChI is InChI=1S/C29H27F7N2O3S/c1-16-7-20(30)3-4-25(16)26-14-23(42-24-12-21(39)11-22(40)13-24)5-6-38(26)27(41)37(2)15-17-8-18(28(31,32)33)10-19(9-17)29(34,35)36/h3-4,7-13,23,26,39-40H,5-6,14-15H2,1-2H3/t23-,26+/m0/s1. The van der Waals surface area contributed by atoms with Crippen molar-refractivity contribution in [3.63, 3.8) is 0 Å². The number of carbonyl (C=O) groups excluding carboxylic acids is 1. The maximum absolute atomic E-state index is 13.9. The largest absolute Gasteiger partial charge is 0.508 e. The molecule has 2 amide bonds. The summed E-state index contributed by atoms with van der Waals surface area (Å²) < 4.78 is 94.0. The monoisotopic (exact) mass is 616 g/mol. The molecule has 1 aliphatic rings. The van der Waals surface area contributed by atoms with Crippen LogP contribution in [0.5, 0.6) is 11.5 Å². The highest BCUT2D eigenvalue weighted by atomic mass is 32.2. The van der Waals surface area contributed by atoms with Gasteiger partial charge in [0.25, 0.3) is 0 Å². The van der Waals surface area contributed by atoms with Gasteiger partial charge in [0.05, 0.1) is 17.2 Å². The molecule has 0 spiro atoms. The zero-order valence-corrected chi connectivity index (χ0v) is 23.2. The van der Waals surface area contributed by atoms with E-state index in [-0.39, 0.29) is 34.9 Å². The van der Waals surface area contributed by atoms with Crippen LogP contribution in [0.15, 0.2) is 59.5 Å². The Bertz CT molecular complexity index is 1410. The third kappa shape index (κ3) is 7.42. The number of carbonyl (C=O) groups is 1. The van der Waals surface area contributed by atoms with E-state index in [0.29, 0.717) is 41.0 Å². The van der Waals surface area contributed by atoms with Crippen molar-refractivity contribution in [3.05, 3.63) is 88.2 Å². The maximum Gasteiger partial charge on any atom is 0.416 e. The normalized spacial score (nSPS) is 17.8. The Morgan fingerprint density at radius 1 is 0.952 bits per heavy atom. The van der Waals surface area contributed by atoms with E-state index in [1.807, 2.05) is 0 Å². The molecular weight excluding hydrogens is 589 g/mol. The average Bonchev–Trinajstić information content (AvgIpc) is 2.86. The first-order chi connectivity index (χ1) is 19.5. The molecule has 0 unspecified atom stereocenters. The Labute approximate surface area is 241 Å². The van der Waals surface area contributed by atoms with E-state index in [1.165, 1.54) is 54.0 Å². The number of rotatable bonds is 5. The third-order valence-electron chi connectivity index (χ3n) is 6.96. The Balaban J connectivity index is 1.61. The van der Waals surface area contributed by atoms with E-state index in [4.69, 9.17) is 0 Å². The number of alkyl halides is 6. The molecule has 0 saturated carbocycles. The van der Waals surface area contributed by atoms with Gasteiger partial charge in [0.1, 0.15) is 17.3 Å². The van der Waals surface area contributed by atoms with Crippen LogP contribution in [-0.2, 0) is 18.9 Å². The highest BCUT2D eigenvalue weighted by Gasteiger charge is 2.38. The summed E-state index contributed by atoms with van der Waals surface area (Å²) in [5.41, 5.74) is -2.07. The van der Waals surface area contributed by atoms with Gasteiger partial charge in [-0.25, -0.2) is 9.18 Å². The van der Waals surface area contributed by atoms with Gasteiger partial charge >= 0.3 is 18.4 Å². The molecule has 13 heteroatoms. The summed E-state index contributed by atoms with van der Waals surface area (Å²) in [6.45, 7) is 1.35. The average molecular weight is 617 g/mol. The lowest BCUT2D eigenvalue weighted by molar-refractivity contribution is -0.143. The van der Waals surface area contributed by atoms with Crippen molar-refractivity contribution in [2.24, 2.45) is 0 Å². The first-order valence-corrected chi connectivity index (χ1v) is 13.6. The van der Waals surface area contributed by atoms with Crippen LogP contribution < -0.4 is 0 Å². The van der Waals surface area contributed by atoms with Gasteiger partial charge in [-0.3, -0.25) is 0 Å². The number of hydrogen-bond donors (Lipinski definition) is 2. The van der Waals surface area contributed by atoms with E-state index in [2.05, 4.69) is 0 Å². The molecule has 1 saturated heterocycles. The maximum atomic E-state index is 13.9. The van der Waals surface area contributed by atoms with E-state index >= 15 is 0 Å². The first-order valence-electron chi connectivity index (χ1n) is 12.8. The lowest BCUT2D eigenvalue weighted by Crippen LogP contribution is -2.47. The SMILES string of the molecule is Cc1cc(F)ccc1[C@H]1C[C@@H](Sc2cc(O)cc(O)c2)CCN1C(=O)N(C)Cc1cc(C(F)(F)F)cc(C(F)(F)F)c1. The van der Waals surface area contributed by atoms with Gasteiger partial charge in [0, 0.05) is 36.3 Å². The second-order valence-corrected chi connectivity index (χ2v) is 11.6. The van der Waals surface area contributed by atoms with Gasteiger partial charge in [0.2, 0.25) is 0 Å². The molecule has 3 aromatic rings. The quantitative estimate of drug-likeness (QED) is 0.284. The Morgan fingerprint density at radius 3 is 2.10 bits per heavy atom. The van der Waals surface area contributed by atoms with E-state index in [0.717, 1.165) is 4.90 Å². The number of likely N-dealkylation sites (tertiary alicyclic amines) is 1. The molecule has 3 aromatic carbocycles. The number of aromatic hydroxyl groups is 2. The zero-order valence-electron chi connectivity index (χ0n) is 22.4. The molecule has 226 valence electrons. The molecule has 0 aliphatic carbocycles. The number of benzene rings is 3. The molecule has 5 nitrogen and oxygen atoms in total. The van der Waals surface area contributed by atoms with Gasteiger partial charge in [-0.05, 0) is 78.9 Å². The molecule has 42 heavy (non-hydrogen) atoms. The summed E-state index contributed by atoms with van der Waals surface area (Å²) in [5.74, 6) is -0.727. The number of halogens is 7. The van der Waals surface area contributed by atoms with E-state index in [1.54, 1.807) is 13.0 Å². The predicted octanol–water partition coefficient (Wildman–Crippen LogP) is 8.13. The Kier molecular flexibility index (Phi) is 8.91. The number of aryl methyl sites for hydroxylation is 1. The van der Waals surface area contributed by atoms with Crippen LogP contribution in [-0.4, -0.2) is 44.9 Å². The van der Waals surface area contributed by atoms with Gasteiger partial charge < -0.3 is 20.0 Å². The number of nitrogens with zero attached hydrogens (tertiary/aromatic N) is 2. The molecule has 0 bridgehead atoms. The molecule has 0 aromatic heterocycles. The summed E-state index contributed by atoms with van der Waals surface area (Å²) in [6.07, 6.45) is -9.21. The van der Waals surface area contributed by atoms with Crippen LogP contribution in [0, 0.1) is 12.7 Å². The van der Waals surface area contributed by atoms with Gasteiger partial charge in [-0.15, -0.1) is 11.8 Å². The highest BCUT2D eigenvalue weighted by Crippen LogP contribution is 2.42. The number of urea groups is 1. The molecule has 2 atom stereocenters. The van der Waals surface area contributed by atoms with Crippen LogP contribution in [0.4, 0.5) is 35.5 Å². The minimum Gasteiger partial charge on any atom is -0.508 e. The van der Waals surface area contributed by atoms with Crippen LogP contribution in [0.1, 0.15) is 46.7 Å². The van der Waals surface area contributed by atoms with Crippen LogP contribution in [0.3, 0.4) is 0 Å². The summed E-state index contributed by atoms with van der Waals surface area (Å²) in [5, 5.41) is 19.6. The molecule has 4 rings (SSSR count). The zero-order chi connectivity index (χ0) is 31.0. The second-order valence-electron chi connectivity index (χ2n) is 10.2. The number of phenols is 2. The molecule has 0 radical (unpaired) electrons. The number of piperidine rings is 1. The van der Waals surface area contributed by atoms with Crippen molar-refractivity contribution < 1.29 is 45.7 Å². The van der Waals surface area contributed by atoms with Crippen molar-refractivity contribution in [3.8, 4) is 11.5 Å². The predicted molar refractivity (Wildman–Crippen MR) is 143 cm³/mol. The Morgan fingerprint density at radius 2 is 1.55 bits per heavy atom. The second kappa shape index (κ2) is 11.9. The summed E-state index contributed by atoms with van der Waals surface area (Å²) in [6, 6.07) is 8.27. The van der Waals surface area contributed by atoms with Crippen LogP contribution in [0.2, 0.25) is 0 Å². The van der Waals surface area contributed by atoms with Crippen LogP contribution in [0.25, 0.3) is 0 Å². The topological polar surface area (TPSA) is 64.0 Å². The number of phenolic OH excluding ortho intramolecular Hbond substituents is 2. The molecule has 1 aliphatic heterocycles. The van der Waals surface area contributed by atoms with Crippen molar-refractivity contribution in [1.82, 2.24) is 9.80 Å². The fourth-order valence-electron chi connectivity index (χ4n) is 5.08. The van der Waals surface area contributed by atoms with Crippen LogP contribution >= 0.6 is 11.8 Å². The van der Waals surface area contributed by atoms with E-state index < -0.39 is 47.9 Å². The summed E-state index contributed by atoms with van der Waals surface area (Å²) >= 11 is 1.37. The van der Waals surface area contributed by atoms with Gasteiger partial charge in [0.15, 0.2) is 0 Å². The summed E-state index contributed by atoms with van der Waals surface area (Å²) in [4.78, 5) is 16.8.